The molecule has 0 radical (unpaired) electrons. The van der Waals surface area contributed by atoms with E-state index in [1.54, 1.807) is 50.2 Å². The molecule has 12 nitrogen and oxygen atoms in total. The van der Waals surface area contributed by atoms with Gasteiger partial charge < -0.3 is 5.11 Å². The quantitative estimate of drug-likeness (QED) is 0.214. The van der Waals surface area contributed by atoms with E-state index in [4.69, 9.17) is 0 Å². The molecule has 1 heterocycles. The lowest BCUT2D eigenvalue weighted by molar-refractivity contribution is -0.384. The molecule has 0 spiro atoms. The summed E-state index contributed by atoms with van der Waals surface area (Å²) >= 11 is 0. The van der Waals surface area contributed by atoms with Crippen molar-refractivity contribution in [3.05, 3.63) is 71.0 Å². The predicted octanol–water partition coefficient (Wildman–Crippen LogP) is 4.48. The van der Waals surface area contributed by atoms with Gasteiger partial charge in [0.05, 0.1) is 10.6 Å². The molecule has 13 heteroatoms. The Bertz CT molecular complexity index is 1550. The smallest absolute Gasteiger partial charge is 0.294 e. The van der Waals surface area contributed by atoms with Crippen molar-refractivity contribution in [2.75, 3.05) is 13.1 Å². The summed E-state index contributed by atoms with van der Waals surface area (Å²) in [6.07, 6.45) is 1.27. The lowest BCUT2D eigenvalue weighted by Crippen LogP contribution is -2.30. The van der Waals surface area contributed by atoms with Crippen LogP contribution in [-0.2, 0) is 10.0 Å². The van der Waals surface area contributed by atoms with Gasteiger partial charge in [0.15, 0.2) is 0 Å². The SMILES string of the molecule is CCN(CC)S(=O)(=O)c1cc(N=Nc2ncn(-c3ccccc3[N+](=O)[O-])n2)c2ccccc2c1O. The molecule has 4 rings (SSSR count). The fourth-order valence-electron chi connectivity index (χ4n) is 3.63. The number of phenolic OH excluding ortho intramolecular Hbond substituents is 1. The molecule has 0 saturated heterocycles. The Labute approximate surface area is 200 Å². The summed E-state index contributed by atoms with van der Waals surface area (Å²) in [7, 11) is -3.99. The van der Waals surface area contributed by atoms with Crippen LogP contribution in [0.5, 0.6) is 5.75 Å². The fraction of sp³-hybridized carbons (Fsp3) is 0.182. The molecule has 4 aromatic rings. The molecule has 0 atom stereocenters. The van der Waals surface area contributed by atoms with Crippen LogP contribution in [-0.4, -0.2) is 50.6 Å². The minimum atomic E-state index is -3.99. The van der Waals surface area contributed by atoms with Crippen LogP contribution >= 0.6 is 0 Å². The first-order valence-electron chi connectivity index (χ1n) is 10.6. The van der Waals surface area contributed by atoms with Gasteiger partial charge in [-0.3, -0.25) is 10.1 Å². The first-order chi connectivity index (χ1) is 16.8. The van der Waals surface area contributed by atoms with E-state index >= 15 is 0 Å². The highest BCUT2D eigenvalue weighted by Crippen LogP contribution is 2.40. The summed E-state index contributed by atoms with van der Waals surface area (Å²) in [5.74, 6) is -0.460. The number of rotatable bonds is 8. The van der Waals surface area contributed by atoms with Crippen LogP contribution in [0, 0.1) is 10.1 Å². The molecular weight excluding hydrogens is 474 g/mol. The number of para-hydroxylation sites is 2. The van der Waals surface area contributed by atoms with Crippen LogP contribution in [0.2, 0.25) is 0 Å². The van der Waals surface area contributed by atoms with Gasteiger partial charge in [0.2, 0.25) is 10.0 Å². The standard InChI is InChI=1S/C22H21N7O5S/c1-3-27(4-2)35(33,34)20-13-17(15-9-5-6-10-16(15)21(20)30)24-25-22-23-14-28(26-22)18-11-7-8-12-19(18)29(31)32/h5-14,30H,3-4H2,1-2H3. The van der Waals surface area contributed by atoms with Crippen molar-refractivity contribution in [1.82, 2.24) is 19.1 Å². The molecule has 180 valence electrons. The highest BCUT2D eigenvalue weighted by molar-refractivity contribution is 7.89. The first kappa shape index (κ1) is 23.9. The van der Waals surface area contributed by atoms with Crippen molar-refractivity contribution in [3.63, 3.8) is 0 Å². The maximum Gasteiger partial charge on any atom is 0.294 e. The van der Waals surface area contributed by atoms with Gasteiger partial charge in [0.25, 0.3) is 11.6 Å². The van der Waals surface area contributed by atoms with Crippen molar-refractivity contribution in [1.29, 1.82) is 0 Å². The Morgan fingerprint density at radius 1 is 1.06 bits per heavy atom. The number of nitrogens with zero attached hydrogens (tertiary/aromatic N) is 7. The fourth-order valence-corrected chi connectivity index (χ4v) is 5.20. The zero-order chi connectivity index (χ0) is 25.2. The summed E-state index contributed by atoms with van der Waals surface area (Å²) in [5.41, 5.74) is 0.233. The minimum Gasteiger partial charge on any atom is -0.506 e. The molecule has 0 fully saturated rings. The van der Waals surface area contributed by atoms with E-state index in [1.165, 1.54) is 33.5 Å². The summed E-state index contributed by atoms with van der Waals surface area (Å²) in [5, 5.41) is 35.1. The molecule has 0 bridgehead atoms. The van der Waals surface area contributed by atoms with Crippen molar-refractivity contribution in [2.45, 2.75) is 18.7 Å². The number of aromatic nitrogens is 3. The molecule has 1 N–H and O–H groups in total. The van der Waals surface area contributed by atoms with Crippen LogP contribution in [0.3, 0.4) is 0 Å². The summed E-state index contributed by atoms with van der Waals surface area (Å²) in [6, 6.07) is 14.0. The third-order valence-corrected chi connectivity index (χ3v) is 7.40. The number of hydrogen-bond donors (Lipinski definition) is 1. The Morgan fingerprint density at radius 3 is 2.40 bits per heavy atom. The summed E-state index contributed by atoms with van der Waals surface area (Å²) < 4.78 is 28.7. The molecule has 0 aliphatic carbocycles. The largest absolute Gasteiger partial charge is 0.506 e. The Hall–Kier alpha value is -4.23. The molecule has 0 unspecified atom stereocenters. The molecule has 0 saturated carbocycles. The van der Waals surface area contributed by atoms with Gasteiger partial charge in [-0.15, -0.1) is 15.3 Å². The molecule has 3 aromatic carbocycles. The van der Waals surface area contributed by atoms with Gasteiger partial charge in [-0.05, 0) is 12.1 Å². The van der Waals surface area contributed by atoms with Gasteiger partial charge in [-0.25, -0.2) is 13.1 Å². The topological polar surface area (TPSA) is 156 Å². The lowest BCUT2D eigenvalue weighted by Gasteiger charge is -2.20. The van der Waals surface area contributed by atoms with Crippen molar-refractivity contribution in [2.24, 2.45) is 10.2 Å². The van der Waals surface area contributed by atoms with Crippen molar-refractivity contribution < 1.29 is 18.4 Å². The van der Waals surface area contributed by atoms with Crippen LogP contribution in [0.1, 0.15) is 13.8 Å². The second kappa shape index (κ2) is 9.56. The molecule has 0 aliphatic heterocycles. The van der Waals surface area contributed by atoms with Crippen LogP contribution in [0.15, 0.2) is 76.0 Å². The van der Waals surface area contributed by atoms with E-state index in [0.717, 1.165) is 0 Å². The molecule has 0 aliphatic rings. The number of aromatic hydroxyl groups is 1. The molecule has 35 heavy (non-hydrogen) atoms. The van der Waals surface area contributed by atoms with Gasteiger partial charge in [-0.1, -0.05) is 50.2 Å². The van der Waals surface area contributed by atoms with E-state index in [0.29, 0.717) is 10.8 Å². The normalized spacial score (nSPS) is 12.1. The van der Waals surface area contributed by atoms with Crippen molar-refractivity contribution in [3.8, 4) is 11.4 Å². The zero-order valence-corrected chi connectivity index (χ0v) is 19.6. The average molecular weight is 496 g/mol. The average Bonchev–Trinajstić information content (AvgIpc) is 3.33. The first-order valence-corrected chi connectivity index (χ1v) is 12.0. The summed E-state index contributed by atoms with van der Waals surface area (Å²) in [4.78, 5) is 14.5. The van der Waals surface area contributed by atoms with E-state index in [1.807, 2.05) is 0 Å². The lowest BCUT2D eigenvalue weighted by atomic mass is 10.1. The molecular formula is C22H21N7O5S. The highest BCUT2D eigenvalue weighted by Gasteiger charge is 2.27. The third kappa shape index (κ3) is 4.46. The van der Waals surface area contributed by atoms with Crippen molar-refractivity contribution >= 4 is 38.1 Å². The minimum absolute atomic E-state index is 0.0894. The van der Waals surface area contributed by atoms with E-state index in [2.05, 4.69) is 20.3 Å². The number of hydrogen-bond acceptors (Lipinski definition) is 9. The van der Waals surface area contributed by atoms with Crippen LogP contribution in [0.25, 0.3) is 16.5 Å². The Kier molecular flexibility index (Phi) is 6.53. The number of nitro benzene ring substituents is 1. The number of benzene rings is 3. The number of azo groups is 1. The van der Waals surface area contributed by atoms with Gasteiger partial charge in [-0.2, -0.15) is 9.29 Å². The predicted molar refractivity (Wildman–Crippen MR) is 128 cm³/mol. The maximum absolute atomic E-state index is 13.1. The third-order valence-electron chi connectivity index (χ3n) is 5.33. The Morgan fingerprint density at radius 2 is 1.71 bits per heavy atom. The molecule has 1 aromatic heterocycles. The molecule has 0 amide bonds. The Balaban J connectivity index is 1.79. The number of phenols is 1. The van der Waals surface area contributed by atoms with Crippen LogP contribution < -0.4 is 0 Å². The second-order valence-electron chi connectivity index (χ2n) is 7.31. The van der Waals surface area contributed by atoms with Gasteiger partial charge in [0.1, 0.15) is 22.7 Å². The van der Waals surface area contributed by atoms with E-state index < -0.39 is 14.9 Å². The zero-order valence-electron chi connectivity index (χ0n) is 18.8. The van der Waals surface area contributed by atoms with Gasteiger partial charge in [0, 0.05) is 29.9 Å². The highest BCUT2D eigenvalue weighted by atomic mass is 32.2. The monoisotopic (exact) mass is 495 g/mol. The number of sulfonamides is 1. The maximum atomic E-state index is 13.1. The summed E-state index contributed by atoms with van der Waals surface area (Å²) in [6.45, 7) is 3.88. The van der Waals surface area contributed by atoms with Gasteiger partial charge >= 0.3 is 0 Å². The van der Waals surface area contributed by atoms with E-state index in [-0.39, 0.29) is 46.7 Å². The van der Waals surface area contributed by atoms with Crippen LogP contribution in [0.4, 0.5) is 17.3 Å². The second-order valence-corrected chi connectivity index (χ2v) is 9.22. The number of fused-ring (bicyclic) bond motifs is 1. The van der Waals surface area contributed by atoms with E-state index in [9.17, 15) is 23.6 Å². The number of nitro groups is 1.